The number of para-hydroxylation sites is 1. The number of hydrogen-bond acceptors (Lipinski definition) is 3. The zero-order valence-corrected chi connectivity index (χ0v) is 16.6. The Bertz CT molecular complexity index is 739. The molecule has 0 radical (unpaired) electrons. The molecule has 5 heteroatoms. The van der Waals surface area contributed by atoms with Gasteiger partial charge in [0.05, 0.1) is 6.54 Å². The summed E-state index contributed by atoms with van der Waals surface area (Å²) in [6.07, 6.45) is 4.63. The Morgan fingerprint density at radius 3 is 2.52 bits per heavy atom. The van der Waals surface area contributed by atoms with Gasteiger partial charge in [0.2, 0.25) is 11.8 Å². The number of rotatable bonds is 2. The van der Waals surface area contributed by atoms with E-state index in [1.165, 1.54) is 0 Å². The van der Waals surface area contributed by atoms with Crippen LogP contribution in [0.15, 0.2) is 24.3 Å². The molecule has 1 aromatic carbocycles. The van der Waals surface area contributed by atoms with E-state index in [0.717, 1.165) is 43.4 Å². The van der Waals surface area contributed by atoms with Gasteiger partial charge in [-0.15, -0.1) is 0 Å². The van der Waals surface area contributed by atoms with Gasteiger partial charge < -0.3 is 14.5 Å². The molecule has 1 aromatic rings. The van der Waals surface area contributed by atoms with Gasteiger partial charge >= 0.3 is 0 Å². The second kappa shape index (κ2) is 6.84. The molecular formula is C22H30N2O3. The Balaban J connectivity index is 1.49. The van der Waals surface area contributed by atoms with Crippen molar-refractivity contribution in [2.45, 2.75) is 64.1 Å². The van der Waals surface area contributed by atoms with Gasteiger partial charge in [-0.1, -0.05) is 25.1 Å². The average Bonchev–Trinajstić information content (AvgIpc) is 3.41. The average molecular weight is 370 g/mol. The summed E-state index contributed by atoms with van der Waals surface area (Å²) < 4.78 is 6.53. The van der Waals surface area contributed by atoms with E-state index in [9.17, 15) is 9.59 Å². The molecule has 2 amide bonds. The second-order valence-corrected chi connectivity index (χ2v) is 8.77. The molecule has 2 saturated carbocycles. The lowest BCUT2D eigenvalue weighted by Crippen LogP contribution is -2.52. The van der Waals surface area contributed by atoms with Crippen molar-refractivity contribution in [1.82, 2.24) is 9.80 Å². The van der Waals surface area contributed by atoms with Gasteiger partial charge in [-0.25, -0.2) is 0 Å². The molecule has 2 aliphatic carbocycles. The Labute approximate surface area is 161 Å². The molecule has 0 N–H and O–H groups in total. The van der Waals surface area contributed by atoms with E-state index >= 15 is 0 Å². The minimum atomic E-state index is -0.342. The third kappa shape index (κ3) is 3.56. The minimum Gasteiger partial charge on any atom is -0.485 e. The lowest BCUT2D eigenvalue weighted by molar-refractivity contribution is -0.136. The molecule has 146 valence electrons. The van der Waals surface area contributed by atoms with Crippen LogP contribution in [-0.4, -0.2) is 46.8 Å². The maximum atomic E-state index is 12.6. The van der Waals surface area contributed by atoms with Gasteiger partial charge in [0, 0.05) is 38.0 Å². The SMILES string of the molecule is CC(=O)N1Cc2ccccc2OC2(CCC(N(C)C(=O)[C@@H]3C[C@H]3C)CC2)C1. The quantitative estimate of drug-likeness (QED) is 0.803. The number of hydrogen-bond donors (Lipinski definition) is 0. The molecule has 2 atom stereocenters. The van der Waals surface area contributed by atoms with Crippen LogP contribution < -0.4 is 4.74 Å². The normalized spacial score (nSPS) is 32.3. The maximum Gasteiger partial charge on any atom is 0.225 e. The maximum absolute atomic E-state index is 12.6. The first kappa shape index (κ1) is 18.3. The van der Waals surface area contributed by atoms with Gasteiger partial charge in [-0.3, -0.25) is 9.59 Å². The summed E-state index contributed by atoms with van der Waals surface area (Å²) in [6, 6.07) is 8.32. The van der Waals surface area contributed by atoms with Crippen LogP contribution in [0.2, 0.25) is 0 Å². The summed E-state index contributed by atoms with van der Waals surface area (Å²) in [5.41, 5.74) is 0.729. The molecule has 0 unspecified atom stereocenters. The molecule has 27 heavy (non-hydrogen) atoms. The topological polar surface area (TPSA) is 49.9 Å². The highest BCUT2D eigenvalue weighted by atomic mass is 16.5. The number of benzene rings is 1. The van der Waals surface area contributed by atoms with Crippen molar-refractivity contribution in [3.8, 4) is 5.75 Å². The lowest BCUT2D eigenvalue weighted by atomic mass is 9.81. The number of ether oxygens (including phenoxy) is 1. The first-order valence-corrected chi connectivity index (χ1v) is 10.2. The van der Waals surface area contributed by atoms with Crippen LogP contribution in [0.4, 0.5) is 0 Å². The van der Waals surface area contributed by atoms with Crippen LogP contribution >= 0.6 is 0 Å². The van der Waals surface area contributed by atoms with Crippen molar-refractivity contribution in [2.75, 3.05) is 13.6 Å². The number of carbonyl (C=O) groups excluding carboxylic acids is 2. The van der Waals surface area contributed by atoms with Crippen molar-refractivity contribution >= 4 is 11.8 Å². The molecule has 1 aliphatic heterocycles. The van der Waals surface area contributed by atoms with E-state index in [1.807, 2.05) is 41.1 Å². The largest absolute Gasteiger partial charge is 0.485 e. The predicted octanol–water partition coefficient (Wildman–Crippen LogP) is 3.22. The molecule has 3 aliphatic rings. The fraction of sp³-hybridized carbons (Fsp3) is 0.636. The first-order valence-electron chi connectivity index (χ1n) is 10.2. The van der Waals surface area contributed by atoms with Crippen molar-refractivity contribution in [3.63, 3.8) is 0 Å². The standard InChI is InChI=1S/C22H30N2O3/c1-15-12-19(15)21(26)23(3)18-8-10-22(11-9-18)14-24(16(2)25)13-17-6-4-5-7-20(17)27-22/h4-7,15,18-19H,8-14H2,1-3H3/t15-,18?,19-,22?/m1/s1. The van der Waals surface area contributed by atoms with Crippen LogP contribution in [0, 0.1) is 11.8 Å². The molecule has 0 bridgehead atoms. The van der Waals surface area contributed by atoms with Crippen LogP contribution in [0.3, 0.4) is 0 Å². The van der Waals surface area contributed by atoms with Gasteiger partial charge in [0.1, 0.15) is 11.4 Å². The molecule has 0 aromatic heterocycles. The zero-order chi connectivity index (χ0) is 19.2. The highest BCUT2D eigenvalue weighted by Gasteiger charge is 2.46. The predicted molar refractivity (Wildman–Crippen MR) is 103 cm³/mol. The summed E-state index contributed by atoms with van der Waals surface area (Å²) in [4.78, 5) is 28.7. The van der Waals surface area contributed by atoms with E-state index in [1.54, 1.807) is 6.92 Å². The van der Waals surface area contributed by atoms with Crippen LogP contribution in [0.1, 0.15) is 51.5 Å². The molecule has 0 saturated heterocycles. The Morgan fingerprint density at radius 1 is 1.22 bits per heavy atom. The Hall–Kier alpha value is -2.04. The number of amides is 2. The number of nitrogens with zero attached hydrogens (tertiary/aromatic N) is 2. The molecule has 2 fully saturated rings. The highest BCUT2D eigenvalue weighted by molar-refractivity contribution is 5.81. The Morgan fingerprint density at radius 2 is 1.89 bits per heavy atom. The van der Waals surface area contributed by atoms with Gasteiger partial charge in [0.15, 0.2) is 0 Å². The van der Waals surface area contributed by atoms with Crippen molar-refractivity contribution in [2.24, 2.45) is 11.8 Å². The third-order valence-electron chi connectivity index (χ3n) is 6.77. The smallest absolute Gasteiger partial charge is 0.225 e. The minimum absolute atomic E-state index is 0.0896. The molecular weight excluding hydrogens is 340 g/mol. The lowest BCUT2D eigenvalue weighted by Gasteiger charge is -2.43. The molecule has 1 spiro atoms. The van der Waals surface area contributed by atoms with Crippen LogP contribution in [-0.2, 0) is 16.1 Å². The van der Waals surface area contributed by atoms with E-state index in [4.69, 9.17) is 4.74 Å². The van der Waals surface area contributed by atoms with Crippen LogP contribution in [0.25, 0.3) is 0 Å². The van der Waals surface area contributed by atoms with Crippen molar-refractivity contribution in [3.05, 3.63) is 29.8 Å². The highest BCUT2D eigenvalue weighted by Crippen LogP contribution is 2.42. The first-order chi connectivity index (χ1) is 12.9. The van der Waals surface area contributed by atoms with Gasteiger partial charge in [-0.05, 0) is 44.1 Å². The second-order valence-electron chi connectivity index (χ2n) is 8.77. The third-order valence-corrected chi connectivity index (χ3v) is 6.77. The van der Waals surface area contributed by atoms with Crippen LogP contribution in [0.5, 0.6) is 5.75 Å². The number of fused-ring (bicyclic) bond motifs is 1. The van der Waals surface area contributed by atoms with Crippen molar-refractivity contribution < 1.29 is 14.3 Å². The van der Waals surface area contributed by atoms with Gasteiger partial charge in [-0.2, -0.15) is 0 Å². The monoisotopic (exact) mass is 370 g/mol. The summed E-state index contributed by atoms with van der Waals surface area (Å²) in [5, 5.41) is 0. The Kier molecular flexibility index (Phi) is 4.65. The van der Waals surface area contributed by atoms with E-state index in [2.05, 4.69) is 6.92 Å². The summed E-state index contributed by atoms with van der Waals surface area (Å²) in [6.45, 7) is 5.02. The zero-order valence-electron chi connectivity index (χ0n) is 16.6. The van der Waals surface area contributed by atoms with Gasteiger partial charge in [0.25, 0.3) is 0 Å². The number of carbonyl (C=O) groups is 2. The summed E-state index contributed by atoms with van der Waals surface area (Å²) >= 11 is 0. The summed E-state index contributed by atoms with van der Waals surface area (Å²) in [7, 11) is 1.96. The fourth-order valence-corrected chi connectivity index (χ4v) is 4.72. The van der Waals surface area contributed by atoms with E-state index < -0.39 is 0 Å². The van der Waals surface area contributed by atoms with E-state index in [0.29, 0.717) is 24.9 Å². The van der Waals surface area contributed by atoms with Crippen molar-refractivity contribution in [1.29, 1.82) is 0 Å². The van der Waals surface area contributed by atoms with E-state index in [-0.39, 0.29) is 23.5 Å². The molecule has 1 heterocycles. The molecule has 5 nitrogen and oxygen atoms in total. The fourth-order valence-electron chi connectivity index (χ4n) is 4.72. The molecule has 4 rings (SSSR count). The summed E-state index contributed by atoms with van der Waals surface area (Å²) in [5.74, 6) is 2.07.